The van der Waals surface area contributed by atoms with Crippen LogP contribution in [0.2, 0.25) is 0 Å². The first-order valence-corrected chi connectivity index (χ1v) is 7.81. The summed E-state index contributed by atoms with van der Waals surface area (Å²) < 4.78 is 4.76. The van der Waals surface area contributed by atoms with E-state index in [-0.39, 0.29) is 18.9 Å². The lowest BCUT2D eigenvalue weighted by atomic mass is 10.1. The Morgan fingerprint density at radius 1 is 1.12 bits per heavy atom. The van der Waals surface area contributed by atoms with Crippen LogP contribution in [-0.2, 0) is 19.1 Å². The van der Waals surface area contributed by atoms with Crippen LogP contribution in [0.15, 0.2) is 23.3 Å². The van der Waals surface area contributed by atoms with Crippen molar-refractivity contribution in [2.45, 2.75) is 27.2 Å². The summed E-state index contributed by atoms with van der Waals surface area (Å²) in [6.07, 6.45) is -0.00149. The number of hydrazone groups is 1. The number of hydrogen-bond acceptors (Lipinski definition) is 5. The first-order chi connectivity index (χ1) is 11.8. The van der Waals surface area contributed by atoms with Crippen molar-refractivity contribution in [3.05, 3.63) is 29.3 Å². The lowest BCUT2D eigenvalue weighted by Crippen LogP contribution is -2.39. The first-order valence-electron chi connectivity index (χ1n) is 7.81. The molecule has 8 heteroatoms. The fourth-order valence-electron chi connectivity index (χ4n) is 1.84. The van der Waals surface area contributed by atoms with E-state index in [2.05, 4.69) is 21.2 Å². The molecule has 0 atom stereocenters. The minimum Gasteiger partial charge on any atom is -0.383 e. The summed E-state index contributed by atoms with van der Waals surface area (Å²) in [5.74, 6) is -1.97. The number of nitrogens with zero attached hydrogens (tertiary/aromatic N) is 1. The number of amides is 3. The molecular formula is C17H24N4O4. The number of rotatable bonds is 7. The molecule has 3 amide bonds. The third-order valence-corrected chi connectivity index (χ3v) is 3.35. The second kappa shape index (κ2) is 10.2. The van der Waals surface area contributed by atoms with E-state index in [4.69, 9.17) is 4.74 Å². The summed E-state index contributed by atoms with van der Waals surface area (Å²) in [7, 11) is 1.49. The molecule has 8 nitrogen and oxygen atoms in total. The van der Waals surface area contributed by atoms with Crippen LogP contribution in [0.1, 0.15) is 24.5 Å². The van der Waals surface area contributed by atoms with E-state index in [1.165, 1.54) is 7.11 Å². The van der Waals surface area contributed by atoms with Gasteiger partial charge in [0.1, 0.15) is 0 Å². The van der Waals surface area contributed by atoms with Crippen molar-refractivity contribution < 1.29 is 19.1 Å². The average Bonchev–Trinajstić information content (AvgIpc) is 2.56. The Kier molecular flexibility index (Phi) is 8.28. The molecule has 0 aliphatic carbocycles. The van der Waals surface area contributed by atoms with Crippen molar-refractivity contribution in [3.63, 3.8) is 0 Å². The normalized spacial score (nSPS) is 11.0. The zero-order valence-corrected chi connectivity index (χ0v) is 14.9. The SMILES string of the molecule is COCCNC(=O)C(=O)N/N=C(/C)CC(=O)Nc1ccc(C)c(C)c1. The number of carbonyl (C=O) groups excluding carboxylic acids is 3. The number of carbonyl (C=O) groups is 3. The number of benzene rings is 1. The van der Waals surface area contributed by atoms with Gasteiger partial charge in [-0.05, 0) is 44.0 Å². The van der Waals surface area contributed by atoms with Gasteiger partial charge in [-0.25, -0.2) is 5.43 Å². The molecule has 0 saturated heterocycles. The second-order valence-electron chi connectivity index (χ2n) is 5.56. The molecule has 3 N–H and O–H groups in total. The smallest absolute Gasteiger partial charge is 0.329 e. The molecule has 25 heavy (non-hydrogen) atoms. The van der Waals surface area contributed by atoms with Crippen LogP contribution in [-0.4, -0.2) is 43.7 Å². The van der Waals surface area contributed by atoms with E-state index >= 15 is 0 Å². The van der Waals surface area contributed by atoms with Crippen molar-refractivity contribution in [2.24, 2.45) is 5.10 Å². The van der Waals surface area contributed by atoms with E-state index < -0.39 is 11.8 Å². The summed E-state index contributed by atoms with van der Waals surface area (Å²) in [6.45, 7) is 6.07. The van der Waals surface area contributed by atoms with Gasteiger partial charge in [0.25, 0.3) is 0 Å². The molecule has 136 valence electrons. The number of nitrogens with one attached hydrogen (secondary N) is 3. The lowest BCUT2D eigenvalue weighted by Gasteiger charge is -2.08. The van der Waals surface area contributed by atoms with E-state index in [9.17, 15) is 14.4 Å². The van der Waals surface area contributed by atoms with Crippen LogP contribution in [0.25, 0.3) is 0 Å². The Labute approximate surface area is 147 Å². The van der Waals surface area contributed by atoms with E-state index in [0.717, 1.165) is 11.1 Å². The molecule has 0 aliphatic rings. The molecule has 1 aromatic rings. The maximum atomic E-state index is 12.0. The van der Waals surface area contributed by atoms with E-state index in [0.29, 0.717) is 18.0 Å². The fraction of sp³-hybridized carbons (Fsp3) is 0.412. The third kappa shape index (κ3) is 7.58. The van der Waals surface area contributed by atoms with Gasteiger partial charge in [-0.2, -0.15) is 5.10 Å². The molecule has 1 rings (SSSR count). The highest BCUT2D eigenvalue weighted by molar-refractivity contribution is 6.35. The Morgan fingerprint density at radius 3 is 2.48 bits per heavy atom. The first kappa shape index (κ1) is 20.3. The number of ether oxygens (including phenoxy) is 1. The Bertz CT molecular complexity index is 671. The molecule has 0 radical (unpaired) electrons. The van der Waals surface area contributed by atoms with Crippen LogP contribution in [0.4, 0.5) is 5.69 Å². The molecule has 0 saturated carbocycles. The summed E-state index contributed by atoms with van der Waals surface area (Å²) in [4.78, 5) is 34.9. The van der Waals surface area contributed by atoms with Crippen molar-refractivity contribution in [1.29, 1.82) is 0 Å². The molecule has 0 aliphatic heterocycles. The molecular weight excluding hydrogens is 324 g/mol. The predicted octanol–water partition coefficient (Wildman–Crippen LogP) is 0.887. The van der Waals surface area contributed by atoms with Crippen LogP contribution in [0.5, 0.6) is 0 Å². The van der Waals surface area contributed by atoms with Crippen molar-refractivity contribution in [3.8, 4) is 0 Å². The summed E-state index contributed by atoms with van der Waals surface area (Å²) in [6, 6.07) is 5.62. The van der Waals surface area contributed by atoms with Gasteiger partial charge in [0.05, 0.1) is 13.0 Å². The van der Waals surface area contributed by atoms with Gasteiger partial charge >= 0.3 is 11.8 Å². The maximum Gasteiger partial charge on any atom is 0.329 e. The summed E-state index contributed by atoms with van der Waals surface area (Å²) in [5.41, 5.74) is 5.40. The Morgan fingerprint density at radius 2 is 1.84 bits per heavy atom. The Balaban J connectivity index is 2.45. The van der Waals surface area contributed by atoms with Gasteiger partial charge in [-0.1, -0.05) is 6.07 Å². The fourth-order valence-corrected chi connectivity index (χ4v) is 1.84. The monoisotopic (exact) mass is 348 g/mol. The topological polar surface area (TPSA) is 109 Å². The van der Waals surface area contributed by atoms with Gasteiger partial charge in [0.15, 0.2) is 0 Å². The molecule has 0 unspecified atom stereocenters. The highest BCUT2D eigenvalue weighted by atomic mass is 16.5. The number of anilines is 1. The second-order valence-corrected chi connectivity index (χ2v) is 5.56. The molecule has 0 heterocycles. The van der Waals surface area contributed by atoms with Crippen molar-refractivity contribution in [1.82, 2.24) is 10.7 Å². The number of hydrogen-bond donors (Lipinski definition) is 3. The van der Waals surface area contributed by atoms with Gasteiger partial charge < -0.3 is 15.4 Å². The molecule has 1 aromatic carbocycles. The van der Waals surface area contributed by atoms with Gasteiger partial charge in [0.2, 0.25) is 5.91 Å². The summed E-state index contributed by atoms with van der Waals surface area (Å²) in [5, 5.41) is 8.88. The highest BCUT2D eigenvalue weighted by Gasteiger charge is 2.12. The van der Waals surface area contributed by atoms with Crippen LogP contribution in [0.3, 0.4) is 0 Å². The van der Waals surface area contributed by atoms with Gasteiger partial charge in [-0.3, -0.25) is 14.4 Å². The maximum absolute atomic E-state index is 12.0. The molecule has 0 fully saturated rings. The molecule has 0 bridgehead atoms. The molecule has 0 spiro atoms. The van der Waals surface area contributed by atoms with Crippen molar-refractivity contribution in [2.75, 3.05) is 25.6 Å². The number of methoxy groups -OCH3 is 1. The minimum atomic E-state index is -0.898. The van der Waals surface area contributed by atoms with Crippen LogP contribution >= 0.6 is 0 Å². The molecule has 0 aromatic heterocycles. The van der Waals surface area contributed by atoms with Crippen molar-refractivity contribution >= 4 is 29.1 Å². The average molecular weight is 348 g/mol. The van der Waals surface area contributed by atoms with Crippen LogP contribution < -0.4 is 16.1 Å². The van der Waals surface area contributed by atoms with E-state index in [1.54, 1.807) is 6.92 Å². The van der Waals surface area contributed by atoms with E-state index in [1.807, 2.05) is 32.0 Å². The highest BCUT2D eigenvalue weighted by Crippen LogP contribution is 2.14. The predicted molar refractivity (Wildman–Crippen MR) is 95.3 cm³/mol. The summed E-state index contributed by atoms with van der Waals surface area (Å²) >= 11 is 0. The number of aryl methyl sites for hydroxylation is 2. The standard InChI is InChI=1S/C17H24N4O4/c1-11-5-6-14(9-12(11)2)19-15(22)10-13(3)20-21-17(24)16(23)18-7-8-25-4/h5-6,9H,7-8,10H2,1-4H3,(H,18,23)(H,19,22)(H,21,24)/b20-13-. The van der Waals surface area contributed by atoms with Gasteiger partial charge in [0, 0.05) is 25.1 Å². The zero-order chi connectivity index (χ0) is 18.8. The minimum absolute atomic E-state index is 0.00149. The van der Waals surface area contributed by atoms with Gasteiger partial charge in [-0.15, -0.1) is 0 Å². The lowest BCUT2D eigenvalue weighted by molar-refractivity contribution is -0.139. The quantitative estimate of drug-likeness (QED) is 0.294. The Hall–Kier alpha value is -2.74. The third-order valence-electron chi connectivity index (χ3n) is 3.35. The van der Waals surface area contributed by atoms with Crippen LogP contribution in [0, 0.1) is 13.8 Å². The zero-order valence-electron chi connectivity index (χ0n) is 14.9. The largest absolute Gasteiger partial charge is 0.383 e.